The van der Waals surface area contributed by atoms with Crippen molar-refractivity contribution in [3.63, 3.8) is 0 Å². The molecule has 0 saturated heterocycles. The van der Waals surface area contributed by atoms with E-state index in [0.29, 0.717) is 0 Å². The Labute approximate surface area is 240 Å². The van der Waals surface area contributed by atoms with Gasteiger partial charge in [0, 0.05) is 11.1 Å². The van der Waals surface area contributed by atoms with Crippen molar-refractivity contribution in [3.8, 4) is 22.3 Å². The topological polar surface area (TPSA) is 24.4 Å². The first-order chi connectivity index (χ1) is 20.4. The first kappa shape index (κ1) is 24.6. The maximum Gasteiger partial charge on any atom is 0.0977 e. The lowest BCUT2D eigenvalue weighted by atomic mass is 9.86. The van der Waals surface area contributed by atoms with E-state index in [1.165, 1.54) is 43.8 Å². The number of nitrogens with zero attached hydrogens (tertiary/aromatic N) is 1. The molecule has 0 aromatic heterocycles. The lowest BCUT2D eigenvalue weighted by Crippen LogP contribution is -2.06. The second kappa shape index (κ2) is 11.0. The van der Waals surface area contributed by atoms with Crippen LogP contribution in [-0.4, -0.2) is 5.71 Å². The van der Waals surface area contributed by atoms with Crippen LogP contribution in [0.25, 0.3) is 43.8 Å². The number of rotatable bonds is 6. The quantitative estimate of drug-likeness (QED) is 0.131. The van der Waals surface area contributed by atoms with Gasteiger partial charge in [0.25, 0.3) is 0 Å². The number of hydrogen-bond acceptors (Lipinski definition) is 2. The van der Waals surface area contributed by atoms with Crippen molar-refractivity contribution in [3.05, 3.63) is 175 Å². The molecule has 7 aromatic carbocycles. The molecule has 2 nitrogen and oxygen atoms in total. The van der Waals surface area contributed by atoms with E-state index in [-0.39, 0.29) is 0 Å². The summed E-state index contributed by atoms with van der Waals surface area (Å²) in [4.78, 5) is 0. The molecule has 0 fully saturated rings. The standard InChI is InChI=1S/C39H28N2/c1-5-15-28(16-6-1)37-33-23-13-14-24-34(33)38(29-17-7-2-8-18-29)36-27-32(25-26-35(36)37)40-41-39(30-19-9-3-10-20-30)31-21-11-4-12-22-31/h1-27,40H. The van der Waals surface area contributed by atoms with E-state index in [1.807, 2.05) is 36.4 Å². The molecule has 7 aromatic rings. The van der Waals surface area contributed by atoms with Crippen LogP contribution in [0.3, 0.4) is 0 Å². The van der Waals surface area contributed by atoms with Gasteiger partial charge in [-0.05, 0) is 55.9 Å². The monoisotopic (exact) mass is 524 g/mol. The molecule has 194 valence electrons. The summed E-state index contributed by atoms with van der Waals surface area (Å²) in [6.07, 6.45) is 0. The lowest BCUT2D eigenvalue weighted by molar-refractivity contribution is 1.33. The molecule has 41 heavy (non-hydrogen) atoms. The highest BCUT2D eigenvalue weighted by molar-refractivity contribution is 6.22. The Bertz CT molecular complexity index is 1940. The van der Waals surface area contributed by atoms with Crippen LogP contribution in [0.4, 0.5) is 5.69 Å². The number of hydrazone groups is 1. The molecule has 0 radical (unpaired) electrons. The predicted molar refractivity (Wildman–Crippen MR) is 174 cm³/mol. The zero-order valence-electron chi connectivity index (χ0n) is 22.5. The van der Waals surface area contributed by atoms with Crippen molar-refractivity contribution in [1.82, 2.24) is 0 Å². The summed E-state index contributed by atoms with van der Waals surface area (Å²) in [6.45, 7) is 0. The average Bonchev–Trinajstić information content (AvgIpc) is 3.05. The molecule has 0 aliphatic rings. The van der Waals surface area contributed by atoms with E-state index >= 15 is 0 Å². The molecule has 0 spiro atoms. The van der Waals surface area contributed by atoms with Crippen LogP contribution < -0.4 is 5.43 Å². The second-order valence-corrected chi connectivity index (χ2v) is 10.1. The van der Waals surface area contributed by atoms with Crippen molar-refractivity contribution in [1.29, 1.82) is 0 Å². The predicted octanol–water partition coefficient (Wildman–Crippen LogP) is 10.2. The minimum atomic E-state index is 0.901. The molecule has 0 atom stereocenters. The smallest absolute Gasteiger partial charge is 0.0977 e. The van der Waals surface area contributed by atoms with Gasteiger partial charge in [-0.25, -0.2) is 0 Å². The third-order valence-electron chi connectivity index (χ3n) is 7.54. The van der Waals surface area contributed by atoms with Crippen molar-refractivity contribution < 1.29 is 0 Å². The molecule has 0 bridgehead atoms. The summed E-state index contributed by atoms with van der Waals surface area (Å²) in [5, 5.41) is 9.85. The van der Waals surface area contributed by atoms with E-state index in [0.717, 1.165) is 22.5 Å². The van der Waals surface area contributed by atoms with Gasteiger partial charge in [0.1, 0.15) is 0 Å². The average molecular weight is 525 g/mol. The Morgan fingerprint density at radius 2 is 0.805 bits per heavy atom. The molecule has 0 amide bonds. The minimum Gasteiger partial charge on any atom is -0.278 e. The highest BCUT2D eigenvalue weighted by Crippen LogP contribution is 2.44. The van der Waals surface area contributed by atoms with Crippen LogP contribution in [0.15, 0.2) is 169 Å². The van der Waals surface area contributed by atoms with Gasteiger partial charge >= 0.3 is 0 Å². The van der Waals surface area contributed by atoms with Crippen molar-refractivity contribution in [2.45, 2.75) is 0 Å². The Morgan fingerprint density at radius 1 is 0.390 bits per heavy atom. The van der Waals surface area contributed by atoms with Crippen LogP contribution in [-0.2, 0) is 0 Å². The van der Waals surface area contributed by atoms with Gasteiger partial charge in [0.2, 0.25) is 0 Å². The van der Waals surface area contributed by atoms with Crippen LogP contribution in [0.5, 0.6) is 0 Å². The molecule has 0 heterocycles. The van der Waals surface area contributed by atoms with Crippen LogP contribution in [0.2, 0.25) is 0 Å². The van der Waals surface area contributed by atoms with E-state index in [1.54, 1.807) is 0 Å². The zero-order chi connectivity index (χ0) is 27.4. The fraction of sp³-hybridized carbons (Fsp3) is 0. The van der Waals surface area contributed by atoms with E-state index in [9.17, 15) is 0 Å². The largest absolute Gasteiger partial charge is 0.278 e. The van der Waals surface area contributed by atoms with Crippen molar-refractivity contribution in [2.24, 2.45) is 5.10 Å². The van der Waals surface area contributed by atoms with Crippen molar-refractivity contribution >= 4 is 32.9 Å². The van der Waals surface area contributed by atoms with Gasteiger partial charge in [-0.15, -0.1) is 0 Å². The van der Waals surface area contributed by atoms with Gasteiger partial charge < -0.3 is 0 Å². The summed E-state index contributed by atoms with van der Waals surface area (Å²) in [5.41, 5.74) is 12.3. The number of fused-ring (bicyclic) bond motifs is 2. The third-order valence-corrected chi connectivity index (χ3v) is 7.54. The van der Waals surface area contributed by atoms with Gasteiger partial charge in [0.05, 0.1) is 11.4 Å². The number of benzene rings is 7. The first-order valence-electron chi connectivity index (χ1n) is 13.9. The van der Waals surface area contributed by atoms with Crippen molar-refractivity contribution in [2.75, 3.05) is 5.43 Å². The van der Waals surface area contributed by atoms with Gasteiger partial charge in [-0.1, -0.05) is 152 Å². The molecule has 0 aliphatic heterocycles. The Morgan fingerprint density at radius 3 is 1.32 bits per heavy atom. The van der Waals surface area contributed by atoms with Crippen LogP contribution >= 0.6 is 0 Å². The second-order valence-electron chi connectivity index (χ2n) is 10.1. The fourth-order valence-corrected chi connectivity index (χ4v) is 5.69. The zero-order valence-corrected chi connectivity index (χ0v) is 22.5. The Hall–Kier alpha value is -5.47. The number of hydrogen-bond donors (Lipinski definition) is 1. The number of nitrogens with one attached hydrogen (secondary N) is 1. The minimum absolute atomic E-state index is 0.901. The molecular weight excluding hydrogens is 496 g/mol. The van der Waals surface area contributed by atoms with E-state index < -0.39 is 0 Å². The maximum atomic E-state index is 4.95. The molecule has 0 unspecified atom stereocenters. The molecule has 1 N–H and O–H groups in total. The van der Waals surface area contributed by atoms with E-state index in [2.05, 4.69) is 133 Å². The van der Waals surface area contributed by atoms with Gasteiger partial charge in [-0.3, -0.25) is 5.43 Å². The summed E-state index contributed by atoms with van der Waals surface area (Å²) in [5.74, 6) is 0. The lowest BCUT2D eigenvalue weighted by Gasteiger charge is -2.18. The normalized spacial score (nSPS) is 10.9. The summed E-state index contributed by atoms with van der Waals surface area (Å²) < 4.78 is 0. The highest BCUT2D eigenvalue weighted by Gasteiger charge is 2.17. The molecule has 2 heteroatoms. The molecular formula is C39H28N2. The molecule has 0 aliphatic carbocycles. The summed E-state index contributed by atoms with van der Waals surface area (Å²) in [6, 6.07) is 57.4. The first-order valence-corrected chi connectivity index (χ1v) is 13.9. The third kappa shape index (κ3) is 4.77. The highest BCUT2D eigenvalue weighted by atomic mass is 15.3. The van der Waals surface area contributed by atoms with E-state index in [4.69, 9.17) is 5.10 Å². The SMILES string of the molecule is c1ccc(C(=NNc2ccc3c(-c4ccccc4)c4ccccc4c(-c4ccccc4)c3c2)c2ccccc2)cc1. The van der Waals surface area contributed by atoms with Gasteiger partial charge in [0.15, 0.2) is 0 Å². The molecule has 0 saturated carbocycles. The Kier molecular flexibility index (Phi) is 6.56. The number of anilines is 1. The fourth-order valence-electron chi connectivity index (χ4n) is 5.69. The van der Waals surface area contributed by atoms with Crippen LogP contribution in [0.1, 0.15) is 11.1 Å². The maximum absolute atomic E-state index is 4.95. The summed E-state index contributed by atoms with van der Waals surface area (Å²) in [7, 11) is 0. The summed E-state index contributed by atoms with van der Waals surface area (Å²) >= 11 is 0. The van der Waals surface area contributed by atoms with Crippen LogP contribution in [0, 0.1) is 0 Å². The Balaban J connectivity index is 1.46. The van der Waals surface area contributed by atoms with Gasteiger partial charge in [-0.2, -0.15) is 5.10 Å². The molecule has 7 rings (SSSR count).